The molecule has 0 saturated carbocycles. The van der Waals surface area contributed by atoms with Gasteiger partial charge in [-0.1, -0.05) is 29.8 Å². The zero-order chi connectivity index (χ0) is 19.3. The first-order chi connectivity index (χ1) is 13.6. The van der Waals surface area contributed by atoms with Crippen LogP contribution in [0.5, 0.6) is 0 Å². The van der Waals surface area contributed by atoms with Crippen LogP contribution in [-0.2, 0) is 19.5 Å². The van der Waals surface area contributed by atoms with Crippen molar-refractivity contribution in [2.75, 3.05) is 12.3 Å². The van der Waals surface area contributed by atoms with E-state index < -0.39 is 0 Å². The van der Waals surface area contributed by atoms with Gasteiger partial charge in [-0.3, -0.25) is 14.7 Å². The van der Waals surface area contributed by atoms with Crippen molar-refractivity contribution >= 4 is 27.8 Å². The van der Waals surface area contributed by atoms with E-state index in [0.717, 1.165) is 47.2 Å². The van der Waals surface area contributed by atoms with Gasteiger partial charge in [0.25, 0.3) is 5.56 Å². The number of pyridine rings is 1. The number of hydrogen-bond acceptors (Lipinski definition) is 5. The lowest BCUT2D eigenvalue weighted by molar-refractivity contribution is 0.243. The molecule has 1 aliphatic heterocycles. The molecule has 2 aromatic carbocycles. The number of para-hydroxylation sites is 1. The third-order valence-corrected chi connectivity index (χ3v) is 5.49. The first-order valence-corrected chi connectivity index (χ1v) is 9.46. The Morgan fingerprint density at radius 1 is 1.11 bits per heavy atom. The Balaban J connectivity index is 1.61. The van der Waals surface area contributed by atoms with Crippen LogP contribution in [0.25, 0.3) is 21.8 Å². The molecule has 0 spiro atoms. The third kappa shape index (κ3) is 2.82. The van der Waals surface area contributed by atoms with Crippen molar-refractivity contribution in [2.24, 2.45) is 0 Å². The van der Waals surface area contributed by atoms with Crippen molar-refractivity contribution in [3.63, 3.8) is 0 Å². The fourth-order valence-electron chi connectivity index (χ4n) is 4.12. The second-order valence-corrected chi connectivity index (χ2v) is 7.47. The Bertz CT molecular complexity index is 1280. The highest BCUT2D eigenvalue weighted by Gasteiger charge is 2.22. The van der Waals surface area contributed by atoms with Crippen LogP contribution in [0.1, 0.15) is 22.4 Å². The van der Waals surface area contributed by atoms with Crippen LogP contribution in [0.4, 0.5) is 5.95 Å². The summed E-state index contributed by atoms with van der Waals surface area (Å²) in [6.45, 7) is 4.27. The Hall–Kier alpha value is -3.25. The average Bonchev–Trinajstić information content (AvgIpc) is 2.68. The van der Waals surface area contributed by atoms with Gasteiger partial charge in [-0.25, -0.2) is 9.97 Å². The van der Waals surface area contributed by atoms with E-state index in [2.05, 4.69) is 58.2 Å². The summed E-state index contributed by atoms with van der Waals surface area (Å²) in [7, 11) is 0. The van der Waals surface area contributed by atoms with Gasteiger partial charge in [-0.05, 0) is 30.7 Å². The van der Waals surface area contributed by atoms with Gasteiger partial charge in [0.2, 0.25) is 5.95 Å². The van der Waals surface area contributed by atoms with Crippen LogP contribution < -0.4 is 11.3 Å². The summed E-state index contributed by atoms with van der Waals surface area (Å²) >= 11 is 0. The normalized spacial score (nSPS) is 14.5. The van der Waals surface area contributed by atoms with Crippen LogP contribution in [0, 0.1) is 6.92 Å². The highest BCUT2D eigenvalue weighted by atomic mass is 16.1. The number of rotatable bonds is 2. The van der Waals surface area contributed by atoms with Crippen LogP contribution in [-0.4, -0.2) is 26.4 Å². The molecule has 1 aliphatic rings. The lowest BCUT2D eigenvalue weighted by Gasteiger charge is -2.28. The molecular formula is C22H21N5O. The lowest BCUT2D eigenvalue weighted by Crippen LogP contribution is -2.35. The van der Waals surface area contributed by atoms with Gasteiger partial charge in [0.1, 0.15) is 0 Å². The molecule has 3 heterocycles. The Morgan fingerprint density at radius 2 is 1.93 bits per heavy atom. The van der Waals surface area contributed by atoms with E-state index in [4.69, 9.17) is 10.7 Å². The molecule has 6 heteroatoms. The molecule has 0 unspecified atom stereocenters. The van der Waals surface area contributed by atoms with Gasteiger partial charge in [-0.15, -0.1) is 0 Å². The van der Waals surface area contributed by atoms with Crippen LogP contribution in [0.3, 0.4) is 0 Å². The molecule has 0 atom stereocenters. The average molecular weight is 371 g/mol. The summed E-state index contributed by atoms with van der Waals surface area (Å²) in [5.41, 5.74) is 11.6. The zero-order valence-electron chi connectivity index (χ0n) is 15.7. The van der Waals surface area contributed by atoms with Gasteiger partial charge in [0.05, 0.1) is 22.3 Å². The molecular weight excluding hydrogens is 350 g/mol. The minimum atomic E-state index is -0.132. The number of nitrogens with two attached hydrogens (primary N) is 1. The predicted molar refractivity (Wildman–Crippen MR) is 111 cm³/mol. The maximum atomic E-state index is 12.3. The predicted octanol–water partition coefficient (Wildman–Crippen LogP) is 2.92. The maximum absolute atomic E-state index is 12.3. The summed E-state index contributed by atoms with van der Waals surface area (Å²) in [4.78, 5) is 26.4. The third-order valence-electron chi connectivity index (χ3n) is 5.49. The quantitative estimate of drug-likeness (QED) is 0.529. The largest absolute Gasteiger partial charge is 0.369 e. The van der Waals surface area contributed by atoms with Gasteiger partial charge in [0.15, 0.2) is 0 Å². The van der Waals surface area contributed by atoms with Crippen molar-refractivity contribution in [1.82, 2.24) is 19.9 Å². The molecule has 2 aromatic heterocycles. The number of benzene rings is 2. The van der Waals surface area contributed by atoms with Gasteiger partial charge in [-0.2, -0.15) is 0 Å². The number of anilines is 1. The number of nitrogen functional groups attached to an aromatic ring is 1. The number of nitrogens with zero attached hydrogens (tertiary/aromatic N) is 3. The molecule has 0 fully saturated rings. The molecule has 0 amide bonds. The van der Waals surface area contributed by atoms with Crippen molar-refractivity contribution in [1.29, 1.82) is 0 Å². The summed E-state index contributed by atoms with van der Waals surface area (Å²) in [6.07, 6.45) is 0.726. The second kappa shape index (κ2) is 6.42. The maximum Gasteiger partial charge on any atom is 0.257 e. The van der Waals surface area contributed by atoms with Crippen molar-refractivity contribution in [3.05, 3.63) is 75.2 Å². The van der Waals surface area contributed by atoms with Crippen LogP contribution in [0.2, 0.25) is 0 Å². The van der Waals surface area contributed by atoms with Crippen molar-refractivity contribution < 1.29 is 0 Å². The Labute approximate surface area is 162 Å². The van der Waals surface area contributed by atoms with E-state index in [-0.39, 0.29) is 11.5 Å². The fourth-order valence-corrected chi connectivity index (χ4v) is 4.12. The summed E-state index contributed by atoms with van der Waals surface area (Å²) in [6, 6.07) is 14.7. The molecule has 0 radical (unpaired) electrons. The molecule has 0 aliphatic carbocycles. The fraction of sp³-hybridized carbons (Fsp3) is 0.227. The molecule has 0 saturated heterocycles. The lowest BCUT2D eigenvalue weighted by atomic mass is 9.99. The van der Waals surface area contributed by atoms with Crippen LogP contribution >= 0.6 is 0 Å². The smallest absolute Gasteiger partial charge is 0.257 e. The number of hydrogen-bond donors (Lipinski definition) is 2. The highest BCUT2D eigenvalue weighted by molar-refractivity contribution is 5.97. The van der Waals surface area contributed by atoms with Gasteiger partial charge >= 0.3 is 0 Å². The van der Waals surface area contributed by atoms with Gasteiger partial charge < -0.3 is 5.73 Å². The van der Waals surface area contributed by atoms with E-state index in [9.17, 15) is 4.79 Å². The summed E-state index contributed by atoms with van der Waals surface area (Å²) < 4.78 is 0. The van der Waals surface area contributed by atoms with E-state index >= 15 is 0 Å². The van der Waals surface area contributed by atoms with E-state index in [1.807, 2.05) is 6.07 Å². The van der Waals surface area contributed by atoms with Crippen molar-refractivity contribution in [2.45, 2.75) is 26.4 Å². The first kappa shape index (κ1) is 16.9. The van der Waals surface area contributed by atoms with Gasteiger partial charge in [0, 0.05) is 36.8 Å². The van der Waals surface area contributed by atoms with E-state index in [0.29, 0.717) is 6.54 Å². The number of aromatic amines is 1. The number of fused-ring (bicyclic) bond motifs is 3. The summed E-state index contributed by atoms with van der Waals surface area (Å²) in [5.74, 6) is 0.193. The number of aromatic nitrogens is 3. The summed E-state index contributed by atoms with van der Waals surface area (Å²) in [5, 5.41) is 2.34. The minimum Gasteiger partial charge on any atom is -0.369 e. The zero-order valence-corrected chi connectivity index (χ0v) is 15.7. The molecule has 6 nitrogen and oxygen atoms in total. The molecule has 140 valence electrons. The number of H-pyrrole nitrogens is 1. The Kier molecular flexibility index (Phi) is 3.87. The standard InChI is InChI=1S/C22H21N5O/c1-13-6-7-19-15(10-13)16(14-4-2-3-5-18(14)24-19)11-27-9-8-20-17(12-27)21(28)26-22(23)25-20/h2-7,10H,8-9,11-12H2,1H3,(H3,23,25,26,28). The second-order valence-electron chi connectivity index (χ2n) is 7.47. The van der Waals surface area contributed by atoms with E-state index in [1.54, 1.807) is 0 Å². The molecule has 5 rings (SSSR count). The molecule has 3 N–H and O–H groups in total. The molecule has 28 heavy (non-hydrogen) atoms. The number of nitrogens with one attached hydrogen (secondary N) is 1. The monoisotopic (exact) mass is 371 g/mol. The van der Waals surface area contributed by atoms with Crippen molar-refractivity contribution in [3.8, 4) is 0 Å². The minimum absolute atomic E-state index is 0.132. The number of aryl methyl sites for hydroxylation is 1. The van der Waals surface area contributed by atoms with E-state index in [1.165, 1.54) is 16.5 Å². The SMILES string of the molecule is Cc1ccc2nc3ccccc3c(CN3CCc4nc(N)[nH]c(=O)c4C3)c2c1. The highest BCUT2D eigenvalue weighted by Crippen LogP contribution is 2.29. The van der Waals surface area contributed by atoms with Crippen LogP contribution in [0.15, 0.2) is 47.3 Å². The molecule has 0 bridgehead atoms. The topological polar surface area (TPSA) is 87.9 Å². The first-order valence-electron chi connectivity index (χ1n) is 9.46. The Morgan fingerprint density at radius 3 is 2.82 bits per heavy atom. The molecule has 4 aromatic rings.